The van der Waals surface area contributed by atoms with Gasteiger partial charge in [-0.2, -0.15) is 4.31 Å². The van der Waals surface area contributed by atoms with Crippen molar-refractivity contribution in [2.75, 3.05) is 13.1 Å². The van der Waals surface area contributed by atoms with Crippen molar-refractivity contribution < 1.29 is 22.7 Å². The lowest BCUT2D eigenvalue weighted by Crippen LogP contribution is -2.40. The third-order valence-corrected chi connectivity index (χ3v) is 7.69. The summed E-state index contributed by atoms with van der Waals surface area (Å²) in [5, 5.41) is 2.96. The topological polar surface area (TPSA) is 92.8 Å². The number of halogens is 1. The van der Waals surface area contributed by atoms with E-state index < -0.39 is 22.1 Å². The third kappa shape index (κ3) is 5.29. The second-order valence-corrected chi connectivity index (χ2v) is 9.99. The molecule has 1 aliphatic heterocycles. The van der Waals surface area contributed by atoms with Crippen LogP contribution in [0.25, 0.3) is 0 Å². The number of hydrogen-bond donors (Lipinski definition) is 1. The molecule has 29 heavy (non-hydrogen) atoms. The van der Waals surface area contributed by atoms with Gasteiger partial charge in [0.15, 0.2) is 6.10 Å². The molecule has 7 nitrogen and oxygen atoms in total. The quantitative estimate of drug-likeness (QED) is 0.683. The lowest BCUT2D eigenvalue weighted by molar-refractivity contribution is -0.129. The van der Waals surface area contributed by atoms with E-state index in [2.05, 4.69) is 5.32 Å². The molecule has 0 spiro atoms. The van der Waals surface area contributed by atoms with Gasteiger partial charge in [-0.3, -0.25) is 4.79 Å². The van der Waals surface area contributed by atoms with E-state index in [0.29, 0.717) is 13.1 Å². The summed E-state index contributed by atoms with van der Waals surface area (Å²) >= 11 is 6.12. The molecule has 3 rings (SSSR count). The Morgan fingerprint density at radius 2 is 1.79 bits per heavy atom. The Hall–Kier alpha value is -1.64. The van der Waals surface area contributed by atoms with Crippen molar-refractivity contribution in [1.82, 2.24) is 9.62 Å². The average Bonchev–Trinajstić information content (AvgIpc) is 3.21. The Balaban J connectivity index is 1.71. The van der Waals surface area contributed by atoms with E-state index in [1.807, 2.05) is 0 Å². The summed E-state index contributed by atoms with van der Waals surface area (Å²) in [6.07, 6.45) is 5.64. The van der Waals surface area contributed by atoms with Crippen molar-refractivity contribution in [3.8, 4) is 0 Å². The summed E-state index contributed by atoms with van der Waals surface area (Å²) in [6.45, 7) is 2.41. The SMILES string of the molecule is C[C@H](OC(=O)c1cc(S(=O)(=O)N2CCCCC2)ccc1Cl)C(=O)NC1CCCC1. The molecule has 2 aliphatic rings. The number of rotatable bonds is 6. The Bertz CT molecular complexity index is 862. The molecule has 1 aromatic rings. The van der Waals surface area contributed by atoms with E-state index in [1.54, 1.807) is 0 Å². The van der Waals surface area contributed by atoms with E-state index in [0.717, 1.165) is 44.9 Å². The fraction of sp³-hybridized carbons (Fsp3) is 0.600. The van der Waals surface area contributed by atoms with Gasteiger partial charge in [0.05, 0.1) is 15.5 Å². The Morgan fingerprint density at radius 1 is 1.14 bits per heavy atom. The second kappa shape index (κ2) is 9.45. The van der Waals surface area contributed by atoms with Gasteiger partial charge in [0.1, 0.15) is 0 Å². The first-order valence-electron chi connectivity index (χ1n) is 10.1. The molecule has 0 unspecified atom stereocenters. The highest BCUT2D eigenvalue weighted by Crippen LogP contribution is 2.26. The van der Waals surface area contributed by atoms with E-state index >= 15 is 0 Å². The Kier molecular flexibility index (Phi) is 7.19. The van der Waals surface area contributed by atoms with E-state index in [4.69, 9.17) is 16.3 Å². The normalized spacial score (nSPS) is 19.7. The highest BCUT2D eigenvalue weighted by molar-refractivity contribution is 7.89. The van der Waals surface area contributed by atoms with Crippen LogP contribution in [0.15, 0.2) is 23.1 Å². The molecule has 9 heteroatoms. The molecule has 1 saturated heterocycles. The third-order valence-electron chi connectivity index (χ3n) is 5.47. The van der Waals surface area contributed by atoms with E-state index in [9.17, 15) is 18.0 Å². The molecule has 1 amide bonds. The van der Waals surface area contributed by atoms with Crippen LogP contribution in [-0.2, 0) is 19.6 Å². The minimum atomic E-state index is -3.71. The number of carbonyl (C=O) groups excluding carboxylic acids is 2. The number of nitrogens with one attached hydrogen (secondary N) is 1. The van der Waals surface area contributed by atoms with Gasteiger partial charge in [-0.15, -0.1) is 0 Å². The zero-order valence-electron chi connectivity index (χ0n) is 16.5. The van der Waals surface area contributed by atoms with Crippen LogP contribution in [0.4, 0.5) is 0 Å². The molecule has 160 valence electrons. The monoisotopic (exact) mass is 442 g/mol. The molecule has 1 aliphatic carbocycles. The van der Waals surface area contributed by atoms with Gasteiger partial charge in [-0.25, -0.2) is 13.2 Å². The maximum Gasteiger partial charge on any atom is 0.340 e. The highest BCUT2D eigenvalue weighted by Gasteiger charge is 2.29. The van der Waals surface area contributed by atoms with Crippen molar-refractivity contribution in [2.24, 2.45) is 0 Å². The van der Waals surface area contributed by atoms with Gasteiger partial charge in [0.2, 0.25) is 10.0 Å². The van der Waals surface area contributed by atoms with Crippen LogP contribution in [0.3, 0.4) is 0 Å². The minimum Gasteiger partial charge on any atom is -0.449 e. The van der Waals surface area contributed by atoms with Crippen LogP contribution in [0.2, 0.25) is 5.02 Å². The first kappa shape index (κ1) is 22.1. The highest BCUT2D eigenvalue weighted by atomic mass is 35.5. The van der Waals surface area contributed by atoms with Crippen molar-refractivity contribution in [3.05, 3.63) is 28.8 Å². The number of sulfonamides is 1. The standard InChI is InChI=1S/C20H27ClN2O5S/c1-14(19(24)22-15-7-3-4-8-15)28-20(25)17-13-16(9-10-18(17)21)29(26,27)23-11-5-2-6-12-23/h9-10,13-15H,2-8,11-12H2,1H3,(H,22,24)/t14-/m0/s1. The number of hydrogen-bond acceptors (Lipinski definition) is 5. The Labute approximate surface area is 176 Å². The molecule has 1 atom stereocenters. The lowest BCUT2D eigenvalue weighted by atomic mass is 10.2. The molecule has 2 fully saturated rings. The molecule has 0 bridgehead atoms. The van der Waals surface area contributed by atoms with Crippen molar-refractivity contribution >= 4 is 33.5 Å². The fourth-order valence-electron chi connectivity index (χ4n) is 3.74. The molecule has 1 aromatic carbocycles. The van der Waals surface area contributed by atoms with Crippen LogP contribution in [0.5, 0.6) is 0 Å². The number of esters is 1. The number of benzene rings is 1. The van der Waals surface area contributed by atoms with Crippen LogP contribution in [-0.4, -0.2) is 49.8 Å². The molecule has 0 aromatic heterocycles. The summed E-state index contributed by atoms with van der Waals surface area (Å²) in [4.78, 5) is 24.8. The predicted octanol–water partition coefficient (Wildman–Crippen LogP) is 3.12. The molecule has 0 radical (unpaired) electrons. The van der Waals surface area contributed by atoms with Crippen molar-refractivity contribution in [3.63, 3.8) is 0 Å². The zero-order chi connectivity index (χ0) is 21.0. The second-order valence-electron chi connectivity index (χ2n) is 7.64. The smallest absolute Gasteiger partial charge is 0.340 e. The number of carbonyl (C=O) groups is 2. The zero-order valence-corrected chi connectivity index (χ0v) is 18.1. The van der Waals surface area contributed by atoms with E-state index in [-0.39, 0.29) is 27.4 Å². The van der Waals surface area contributed by atoms with Gasteiger partial charge in [0.25, 0.3) is 5.91 Å². The molecule has 1 saturated carbocycles. The molecular formula is C20H27ClN2O5S. The summed E-state index contributed by atoms with van der Waals surface area (Å²) in [5.41, 5.74) is -0.0646. The van der Waals surface area contributed by atoms with Crippen molar-refractivity contribution in [2.45, 2.75) is 68.9 Å². The number of piperidine rings is 1. The van der Waals surface area contributed by atoms with Crippen LogP contribution < -0.4 is 5.32 Å². The first-order chi connectivity index (χ1) is 13.8. The number of nitrogens with zero attached hydrogens (tertiary/aromatic N) is 1. The van der Waals surface area contributed by atoms with Crippen LogP contribution >= 0.6 is 11.6 Å². The van der Waals surface area contributed by atoms with Gasteiger partial charge in [0, 0.05) is 19.1 Å². The van der Waals surface area contributed by atoms with Crippen LogP contribution in [0, 0.1) is 0 Å². The van der Waals surface area contributed by atoms with Gasteiger partial charge >= 0.3 is 5.97 Å². The molecule has 1 heterocycles. The van der Waals surface area contributed by atoms with Crippen molar-refractivity contribution in [1.29, 1.82) is 0 Å². The van der Waals surface area contributed by atoms with Gasteiger partial charge in [-0.1, -0.05) is 30.9 Å². The fourth-order valence-corrected chi connectivity index (χ4v) is 5.48. The summed E-state index contributed by atoms with van der Waals surface area (Å²) in [7, 11) is -3.71. The predicted molar refractivity (Wildman–Crippen MR) is 109 cm³/mol. The molecular weight excluding hydrogens is 416 g/mol. The average molecular weight is 443 g/mol. The minimum absolute atomic E-state index is 0.00110. The Morgan fingerprint density at radius 3 is 2.45 bits per heavy atom. The largest absolute Gasteiger partial charge is 0.449 e. The maximum atomic E-state index is 12.9. The summed E-state index contributed by atoms with van der Waals surface area (Å²) in [5.74, 6) is -1.18. The molecule has 1 N–H and O–H groups in total. The van der Waals surface area contributed by atoms with Gasteiger partial charge < -0.3 is 10.1 Å². The number of ether oxygens (including phenoxy) is 1. The first-order valence-corrected chi connectivity index (χ1v) is 11.9. The van der Waals surface area contributed by atoms with Gasteiger partial charge in [-0.05, 0) is 50.8 Å². The maximum absolute atomic E-state index is 12.9. The van der Waals surface area contributed by atoms with Crippen LogP contribution in [0.1, 0.15) is 62.2 Å². The summed E-state index contributed by atoms with van der Waals surface area (Å²) in [6, 6.07) is 4.11. The number of amides is 1. The summed E-state index contributed by atoms with van der Waals surface area (Å²) < 4.78 is 32.4. The van der Waals surface area contributed by atoms with E-state index in [1.165, 1.54) is 29.4 Å². The lowest BCUT2D eigenvalue weighted by Gasteiger charge is -2.26.